The second-order valence-electron chi connectivity index (χ2n) is 6.26. The fraction of sp³-hybridized carbons (Fsp3) is 0.211. The van der Waals surface area contributed by atoms with Gasteiger partial charge in [0.1, 0.15) is 18.0 Å². The molecule has 4 rings (SSSR count). The van der Waals surface area contributed by atoms with Gasteiger partial charge in [-0.05, 0) is 36.4 Å². The summed E-state index contributed by atoms with van der Waals surface area (Å²) in [5.74, 6) is -0.0641. The lowest BCUT2D eigenvalue weighted by molar-refractivity contribution is 0.0742. The van der Waals surface area contributed by atoms with Crippen molar-refractivity contribution in [3.8, 4) is 0 Å². The van der Waals surface area contributed by atoms with Crippen LogP contribution in [0.4, 0.5) is 10.2 Å². The summed E-state index contributed by atoms with van der Waals surface area (Å²) in [6.07, 6.45) is 1.55. The SMILES string of the molecule is O=C(c1cc(Cl)ccc1F)N1CCN(c2ncnc3ccc(Br)cc23)CC1. The first kappa shape index (κ1) is 18.1. The van der Waals surface area contributed by atoms with E-state index < -0.39 is 5.82 Å². The van der Waals surface area contributed by atoms with Gasteiger partial charge in [-0.15, -0.1) is 0 Å². The second-order valence-corrected chi connectivity index (χ2v) is 7.61. The molecule has 1 saturated heterocycles. The van der Waals surface area contributed by atoms with Crippen molar-refractivity contribution >= 4 is 50.2 Å². The van der Waals surface area contributed by atoms with Gasteiger partial charge in [0.25, 0.3) is 5.91 Å². The molecule has 1 aliphatic heterocycles. The maximum atomic E-state index is 14.0. The number of halogens is 3. The van der Waals surface area contributed by atoms with Crippen molar-refractivity contribution in [2.75, 3.05) is 31.1 Å². The molecule has 1 aromatic heterocycles. The first-order valence-corrected chi connectivity index (χ1v) is 9.59. The van der Waals surface area contributed by atoms with Gasteiger partial charge in [0, 0.05) is 41.1 Å². The number of rotatable bonds is 2. The number of hydrogen-bond acceptors (Lipinski definition) is 4. The Labute approximate surface area is 168 Å². The van der Waals surface area contributed by atoms with E-state index in [1.54, 1.807) is 11.2 Å². The molecule has 0 N–H and O–H groups in total. The molecule has 0 atom stereocenters. The summed E-state index contributed by atoms with van der Waals surface area (Å²) < 4.78 is 14.9. The van der Waals surface area contributed by atoms with Gasteiger partial charge in [-0.1, -0.05) is 27.5 Å². The van der Waals surface area contributed by atoms with Crippen LogP contribution >= 0.6 is 27.5 Å². The van der Waals surface area contributed by atoms with Crippen molar-refractivity contribution in [3.05, 3.63) is 63.6 Å². The van der Waals surface area contributed by atoms with E-state index in [4.69, 9.17) is 11.6 Å². The molecule has 0 saturated carbocycles. The molecule has 3 aromatic rings. The summed E-state index contributed by atoms with van der Waals surface area (Å²) in [5.41, 5.74) is 0.870. The molecule has 2 aromatic carbocycles. The number of benzene rings is 2. The summed E-state index contributed by atoms with van der Waals surface area (Å²) in [6, 6.07) is 9.90. The zero-order chi connectivity index (χ0) is 19.0. The van der Waals surface area contributed by atoms with E-state index in [0.29, 0.717) is 31.2 Å². The van der Waals surface area contributed by atoms with E-state index in [-0.39, 0.29) is 11.5 Å². The smallest absolute Gasteiger partial charge is 0.257 e. The maximum Gasteiger partial charge on any atom is 0.257 e. The van der Waals surface area contributed by atoms with Crippen molar-refractivity contribution in [1.29, 1.82) is 0 Å². The molecule has 2 heterocycles. The molecule has 1 amide bonds. The Kier molecular flexibility index (Phi) is 4.97. The van der Waals surface area contributed by atoms with Crippen LogP contribution < -0.4 is 4.90 Å². The highest BCUT2D eigenvalue weighted by Gasteiger charge is 2.25. The number of nitrogens with zero attached hydrogens (tertiary/aromatic N) is 4. The monoisotopic (exact) mass is 448 g/mol. The van der Waals surface area contributed by atoms with Gasteiger partial charge in [0.05, 0.1) is 11.1 Å². The summed E-state index contributed by atoms with van der Waals surface area (Å²) in [7, 11) is 0. The lowest BCUT2D eigenvalue weighted by Crippen LogP contribution is -2.49. The number of anilines is 1. The highest BCUT2D eigenvalue weighted by Crippen LogP contribution is 2.27. The molecule has 27 heavy (non-hydrogen) atoms. The van der Waals surface area contributed by atoms with Crippen LogP contribution in [0, 0.1) is 5.82 Å². The van der Waals surface area contributed by atoms with E-state index >= 15 is 0 Å². The highest BCUT2D eigenvalue weighted by atomic mass is 79.9. The third-order valence-corrected chi connectivity index (χ3v) is 5.33. The van der Waals surface area contributed by atoms with Crippen LogP contribution in [0.15, 0.2) is 47.2 Å². The largest absolute Gasteiger partial charge is 0.352 e. The summed E-state index contributed by atoms with van der Waals surface area (Å²) in [5, 5.41) is 1.30. The lowest BCUT2D eigenvalue weighted by Gasteiger charge is -2.35. The number of piperazine rings is 1. The average molecular weight is 450 g/mol. The van der Waals surface area contributed by atoms with Crippen LogP contribution in [0.5, 0.6) is 0 Å². The fourth-order valence-corrected chi connectivity index (χ4v) is 3.75. The number of aromatic nitrogens is 2. The zero-order valence-corrected chi connectivity index (χ0v) is 16.5. The van der Waals surface area contributed by atoms with Gasteiger partial charge in [-0.2, -0.15) is 0 Å². The summed E-state index contributed by atoms with van der Waals surface area (Å²) >= 11 is 9.39. The van der Waals surface area contributed by atoms with Gasteiger partial charge in [-0.3, -0.25) is 4.79 Å². The molecule has 138 valence electrons. The molecule has 0 spiro atoms. The third-order valence-electron chi connectivity index (χ3n) is 4.60. The fourth-order valence-electron chi connectivity index (χ4n) is 3.22. The second kappa shape index (κ2) is 7.40. The maximum absolute atomic E-state index is 14.0. The van der Waals surface area contributed by atoms with E-state index in [9.17, 15) is 9.18 Å². The average Bonchev–Trinajstić information content (AvgIpc) is 2.69. The lowest BCUT2D eigenvalue weighted by atomic mass is 10.1. The van der Waals surface area contributed by atoms with Gasteiger partial charge in [-0.25, -0.2) is 14.4 Å². The third kappa shape index (κ3) is 3.61. The van der Waals surface area contributed by atoms with Crippen LogP contribution in [0.2, 0.25) is 5.02 Å². The first-order chi connectivity index (χ1) is 13.0. The van der Waals surface area contributed by atoms with Crippen LogP contribution in [-0.2, 0) is 0 Å². The predicted molar refractivity (Wildman–Crippen MR) is 107 cm³/mol. The Morgan fingerprint density at radius 3 is 2.63 bits per heavy atom. The Balaban J connectivity index is 1.53. The van der Waals surface area contributed by atoms with Crippen molar-refractivity contribution < 1.29 is 9.18 Å². The van der Waals surface area contributed by atoms with Gasteiger partial charge < -0.3 is 9.80 Å². The van der Waals surface area contributed by atoms with Gasteiger partial charge in [0.2, 0.25) is 0 Å². The van der Waals surface area contributed by atoms with Crippen LogP contribution in [0.3, 0.4) is 0 Å². The molecule has 1 fully saturated rings. The van der Waals surface area contributed by atoms with Gasteiger partial charge in [0.15, 0.2) is 0 Å². The van der Waals surface area contributed by atoms with Gasteiger partial charge >= 0.3 is 0 Å². The van der Waals surface area contributed by atoms with E-state index in [0.717, 1.165) is 21.2 Å². The minimum Gasteiger partial charge on any atom is -0.352 e. The Morgan fingerprint density at radius 2 is 1.85 bits per heavy atom. The highest BCUT2D eigenvalue weighted by molar-refractivity contribution is 9.10. The normalized spacial score (nSPS) is 14.6. The molecule has 0 radical (unpaired) electrons. The Morgan fingerprint density at radius 1 is 1.07 bits per heavy atom. The number of amides is 1. The minimum atomic E-state index is -0.557. The molecule has 0 unspecified atom stereocenters. The predicted octanol–water partition coefficient (Wildman–Crippen LogP) is 4.15. The molecular formula is C19H15BrClFN4O. The molecule has 0 aliphatic carbocycles. The van der Waals surface area contributed by atoms with Crippen LogP contribution in [0.25, 0.3) is 10.9 Å². The zero-order valence-electron chi connectivity index (χ0n) is 14.2. The van der Waals surface area contributed by atoms with E-state index in [1.165, 1.54) is 18.2 Å². The number of carbonyl (C=O) groups is 1. The molecule has 1 aliphatic rings. The van der Waals surface area contributed by atoms with Crippen molar-refractivity contribution in [1.82, 2.24) is 14.9 Å². The molecular weight excluding hydrogens is 435 g/mol. The molecule has 8 heteroatoms. The number of carbonyl (C=O) groups excluding carboxylic acids is 1. The van der Waals surface area contributed by atoms with Crippen molar-refractivity contribution in [2.24, 2.45) is 0 Å². The van der Waals surface area contributed by atoms with E-state index in [1.807, 2.05) is 18.2 Å². The number of hydrogen-bond donors (Lipinski definition) is 0. The number of fused-ring (bicyclic) bond motifs is 1. The first-order valence-electron chi connectivity index (χ1n) is 8.42. The standard InChI is InChI=1S/C19H15BrClFN4O/c20-12-1-4-17-15(9-12)18(24-11-23-17)25-5-7-26(8-6-25)19(27)14-10-13(21)2-3-16(14)22/h1-4,9-11H,5-8H2. The van der Waals surface area contributed by atoms with Crippen LogP contribution in [-0.4, -0.2) is 47.0 Å². The van der Waals surface area contributed by atoms with E-state index in [2.05, 4.69) is 30.8 Å². The Hall–Kier alpha value is -2.25. The van der Waals surface area contributed by atoms with Crippen molar-refractivity contribution in [2.45, 2.75) is 0 Å². The topological polar surface area (TPSA) is 49.3 Å². The molecule has 5 nitrogen and oxygen atoms in total. The summed E-state index contributed by atoms with van der Waals surface area (Å²) in [6.45, 7) is 2.16. The minimum absolute atomic E-state index is 0.00682. The van der Waals surface area contributed by atoms with Crippen LogP contribution in [0.1, 0.15) is 10.4 Å². The molecule has 0 bridgehead atoms. The van der Waals surface area contributed by atoms with Crippen molar-refractivity contribution in [3.63, 3.8) is 0 Å². The summed E-state index contributed by atoms with van der Waals surface area (Å²) in [4.78, 5) is 25.2. The Bertz CT molecular complexity index is 1020. The quantitative estimate of drug-likeness (QED) is 0.590.